The first-order valence-corrected chi connectivity index (χ1v) is 7.14. The number of hydrogen-bond donors (Lipinski definition) is 1. The normalized spacial score (nSPS) is 10.4. The summed E-state index contributed by atoms with van der Waals surface area (Å²) in [6.45, 7) is 8.70. The summed E-state index contributed by atoms with van der Waals surface area (Å²) in [5.41, 5.74) is 0. The molecule has 2 aromatic rings. The van der Waals surface area contributed by atoms with Crippen molar-refractivity contribution in [2.45, 2.75) is 19.8 Å². The van der Waals surface area contributed by atoms with Crippen molar-refractivity contribution in [3.05, 3.63) is 43.5 Å². The topological polar surface area (TPSA) is 41.0 Å². The highest BCUT2D eigenvalue weighted by Crippen LogP contribution is 2.23. The molecule has 0 saturated heterocycles. The van der Waals surface area contributed by atoms with E-state index in [1.165, 1.54) is 6.42 Å². The van der Waals surface area contributed by atoms with Gasteiger partial charge in [-0.1, -0.05) is 19.9 Å². The van der Waals surface area contributed by atoms with Crippen LogP contribution in [0.3, 0.4) is 0 Å². The van der Waals surface area contributed by atoms with Crippen molar-refractivity contribution >= 4 is 16.6 Å². The Morgan fingerprint density at radius 1 is 1.30 bits per heavy atom. The summed E-state index contributed by atoms with van der Waals surface area (Å²) in [5, 5.41) is 5.45. The molecule has 0 atom stereocenters. The molecule has 0 aliphatic carbocycles. The van der Waals surface area contributed by atoms with Crippen molar-refractivity contribution in [3.63, 3.8) is 0 Å². The van der Waals surface area contributed by atoms with Gasteiger partial charge in [0.25, 0.3) is 0 Å². The number of anilines is 1. The Hall–Kier alpha value is -2.10. The minimum absolute atomic E-state index is 0.871. The molecule has 1 N–H and O–H groups in total. The summed E-state index contributed by atoms with van der Waals surface area (Å²) in [7, 11) is 0. The maximum atomic E-state index is 4.58. The molecule has 0 aromatic carbocycles. The lowest BCUT2D eigenvalue weighted by atomic mass is 10.2. The Morgan fingerprint density at radius 2 is 2.20 bits per heavy atom. The molecule has 0 amide bonds. The third kappa shape index (κ3) is 3.47. The van der Waals surface area contributed by atoms with Crippen LogP contribution in [-0.2, 0) is 0 Å². The van der Waals surface area contributed by atoms with Crippen LogP contribution < -0.4 is 10.2 Å². The van der Waals surface area contributed by atoms with E-state index < -0.39 is 0 Å². The minimum Gasteiger partial charge on any atom is -0.390 e. The molecule has 0 aliphatic rings. The van der Waals surface area contributed by atoms with E-state index in [-0.39, 0.29) is 0 Å². The minimum atomic E-state index is 0.871. The quantitative estimate of drug-likeness (QED) is 0.749. The molecule has 4 nitrogen and oxygen atoms in total. The summed E-state index contributed by atoms with van der Waals surface area (Å²) < 4.78 is 0. The zero-order chi connectivity index (χ0) is 14.2. The number of aromatic nitrogens is 2. The highest BCUT2D eigenvalue weighted by Gasteiger charge is 2.10. The Morgan fingerprint density at radius 3 is 3.00 bits per heavy atom. The Labute approximate surface area is 120 Å². The monoisotopic (exact) mass is 270 g/mol. The van der Waals surface area contributed by atoms with Crippen LogP contribution in [0.25, 0.3) is 10.8 Å². The van der Waals surface area contributed by atoms with Gasteiger partial charge in [0, 0.05) is 49.0 Å². The largest absolute Gasteiger partial charge is 0.390 e. The maximum Gasteiger partial charge on any atom is 0.136 e. The molecule has 2 heterocycles. The lowest BCUT2D eigenvalue weighted by Crippen LogP contribution is -2.32. The van der Waals surface area contributed by atoms with Crippen molar-refractivity contribution in [2.75, 3.05) is 24.5 Å². The predicted octanol–water partition coefficient (Wildman–Crippen LogP) is 2.97. The Balaban J connectivity index is 2.26. The molecule has 0 spiro atoms. The van der Waals surface area contributed by atoms with E-state index in [4.69, 9.17) is 0 Å². The lowest BCUT2D eigenvalue weighted by Gasteiger charge is -2.24. The maximum absolute atomic E-state index is 4.58. The van der Waals surface area contributed by atoms with E-state index in [0.29, 0.717) is 0 Å². The highest BCUT2D eigenvalue weighted by atomic mass is 15.2. The number of hydrogen-bond acceptors (Lipinski definition) is 4. The van der Waals surface area contributed by atoms with Crippen LogP contribution in [0.4, 0.5) is 5.82 Å². The van der Waals surface area contributed by atoms with Gasteiger partial charge in [-0.15, -0.1) is 0 Å². The van der Waals surface area contributed by atoms with Crippen LogP contribution in [0.15, 0.2) is 43.5 Å². The molecule has 0 fully saturated rings. The van der Waals surface area contributed by atoms with Crippen molar-refractivity contribution in [1.29, 1.82) is 0 Å². The number of rotatable bonds is 8. The third-order valence-corrected chi connectivity index (χ3v) is 3.30. The highest BCUT2D eigenvalue weighted by molar-refractivity contribution is 5.91. The fourth-order valence-electron chi connectivity index (χ4n) is 2.23. The van der Waals surface area contributed by atoms with Crippen LogP contribution >= 0.6 is 0 Å². The van der Waals surface area contributed by atoms with Gasteiger partial charge in [-0.05, 0) is 24.8 Å². The standard InChI is InChI=1S/C16H22N4/c1-3-5-11-20(12-10-17-4-2)16-15-7-8-18-13-14(15)6-9-19-16/h4,6-9,13,17H,2-3,5,10-12H2,1H3. The smallest absolute Gasteiger partial charge is 0.136 e. The number of pyridine rings is 2. The summed E-state index contributed by atoms with van der Waals surface area (Å²) in [4.78, 5) is 11.1. The Kier molecular flexibility index (Phi) is 5.35. The predicted molar refractivity (Wildman–Crippen MR) is 84.9 cm³/mol. The molecule has 0 saturated carbocycles. The van der Waals surface area contributed by atoms with E-state index in [2.05, 4.69) is 33.7 Å². The van der Waals surface area contributed by atoms with Crippen LogP contribution in [-0.4, -0.2) is 29.6 Å². The average Bonchev–Trinajstić information content (AvgIpc) is 2.50. The van der Waals surface area contributed by atoms with Crippen LogP contribution in [0.2, 0.25) is 0 Å². The fraction of sp³-hybridized carbons (Fsp3) is 0.375. The molecule has 0 radical (unpaired) electrons. The summed E-state index contributed by atoms with van der Waals surface area (Å²) in [5.74, 6) is 1.05. The average molecular weight is 270 g/mol. The van der Waals surface area contributed by atoms with Gasteiger partial charge in [-0.25, -0.2) is 4.98 Å². The first-order chi connectivity index (χ1) is 9.86. The van der Waals surface area contributed by atoms with Crippen molar-refractivity contribution in [1.82, 2.24) is 15.3 Å². The first-order valence-electron chi connectivity index (χ1n) is 7.14. The van der Waals surface area contributed by atoms with Gasteiger partial charge in [0.15, 0.2) is 0 Å². The molecule has 0 aliphatic heterocycles. The number of nitrogens with zero attached hydrogens (tertiary/aromatic N) is 3. The van der Waals surface area contributed by atoms with E-state index in [9.17, 15) is 0 Å². The summed E-state index contributed by atoms with van der Waals surface area (Å²) in [6.07, 6.45) is 9.65. The zero-order valence-electron chi connectivity index (χ0n) is 12.0. The molecule has 0 unspecified atom stereocenters. The van der Waals surface area contributed by atoms with Gasteiger partial charge < -0.3 is 10.2 Å². The van der Waals surface area contributed by atoms with Gasteiger partial charge >= 0.3 is 0 Å². The second kappa shape index (κ2) is 7.48. The first kappa shape index (κ1) is 14.3. The number of fused-ring (bicyclic) bond motifs is 1. The second-order valence-electron chi connectivity index (χ2n) is 4.73. The van der Waals surface area contributed by atoms with Crippen molar-refractivity contribution in [3.8, 4) is 0 Å². The van der Waals surface area contributed by atoms with E-state index in [1.54, 1.807) is 6.20 Å². The summed E-state index contributed by atoms with van der Waals surface area (Å²) >= 11 is 0. The fourth-order valence-corrected chi connectivity index (χ4v) is 2.23. The van der Waals surface area contributed by atoms with E-state index in [0.717, 1.165) is 42.6 Å². The second-order valence-corrected chi connectivity index (χ2v) is 4.73. The van der Waals surface area contributed by atoms with Gasteiger partial charge in [0.1, 0.15) is 5.82 Å². The van der Waals surface area contributed by atoms with E-state index >= 15 is 0 Å². The van der Waals surface area contributed by atoms with Gasteiger partial charge in [0.05, 0.1) is 0 Å². The molecule has 2 aromatic heterocycles. The van der Waals surface area contributed by atoms with Crippen molar-refractivity contribution in [2.24, 2.45) is 0 Å². The molecule has 20 heavy (non-hydrogen) atoms. The van der Waals surface area contributed by atoms with Gasteiger partial charge in [-0.2, -0.15) is 0 Å². The molecule has 0 bridgehead atoms. The zero-order valence-corrected chi connectivity index (χ0v) is 12.0. The molecular formula is C16H22N4. The summed E-state index contributed by atoms with van der Waals surface area (Å²) in [6, 6.07) is 4.05. The van der Waals surface area contributed by atoms with E-state index in [1.807, 2.05) is 30.7 Å². The molecule has 4 heteroatoms. The van der Waals surface area contributed by atoms with Crippen LogP contribution in [0, 0.1) is 0 Å². The Bertz CT molecular complexity index is 548. The molecular weight excluding hydrogens is 248 g/mol. The third-order valence-electron chi connectivity index (χ3n) is 3.30. The van der Waals surface area contributed by atoms with Crippen molar-refractivity contribution < 1.29 is 0 Å². The number of unbranched alkanes of at least 4 members (excludes halogenated alkanes) is 1. The van der Waals surface area contributed by atoms with Crippen LogP contribution in [0.5, 0.6) is 0 Å². The SMILES string of the molecule is C=CNCCN(CCCC)c1nccc2cnccc12. The number of nitrogens with one attached hydrogen (secondary N) is 1. The van der Waals surface area contributed by atoms with Gasteiger partial charge in [0.2, 0.25) is 0 Å². The lowest BCUT2D eigenvalue weighted by molar-refractivity contribution is 0.689. The van der Waals surface area contributed by atoms with Crippen LogP contribution in [0.1, 0.15) is 19.8 Å². The molecule has 106 valence electrons. The molecule has 2 rings (SSSR count). The van der Waals surface area contributed by atoms with Gasteiger partial charge in [-0.3, -0.25) is 4.98 Å².